The summed E-state index contributed by atoms with van der Waals surface area (Å²) in [6.07, 6.45) is 4.04. The van der Waals surface area contributed by atoms with Crippen molar-refractivity contribution in [1.29, 1.82) is 0 Å². The topological polar surface area (TPSA) is 29.4 Å². The fourth-order valence-corrected chi connectivity index (χ4v) is 0.231. The molecule has 0 aliphatic rings. The second-order valence-corrected chi connectivity index (χ2v) is 1.44. The zero-order valence-corrected chi connectivity index (χ0v) is 5.09. The van der Waals surface area contributed by atoms with Gasteiger partial charge in [-0.25, -0.2) is 0 Å². The van der Waals surface area contributed by atoms with Crippen LogP contribution in [-0.2, 0) is 4.79 Å². The molecule has 0 aliphatic carbocycles. The summed E-state index contributed by atoms with van der Waals surface area (Å²) in [5.74, 6) is 0. The summed E-state index contributed by atoms with van der Waals surface area (Å²) in [5, 5.41) is 0. The zero-order chi connectivity index (χ0) is 6.41. The minimum absolute atomic E-state index is 0.690. The molecular weight excluding hydrogens is 102 g/mol. The summed E-state index contributed by atoms with van der Waals surface area (Å²) in [4.78, 5) is 13.5. The van der Waals surface area contributed by atoms with Gasteiger partial charge < -0.3 is 0 Å². The minimum atomic E-state index is 0.690. The lowest BCUT2D eigenvalue weighted by Crippen LogP contribution is -1.75. The van der Waals surface area contributed by atoms with Gasteiger partial charge in [0.05, 0.1) is 0 Å². The van der Waals surface area contributed by atoms with Crippen LogP contribution in [0.2, 0.25) is 0 Å². The molecule has 0 heterocycles. The molecule has 0 aromatic carbocycles. The van der Waals surface area contributed by atoms with Gasteiger partial charge in [-0.1, -0.05) is 0 Å². The number of nitrogens with zero attached hydrogens (tertiary/aromatic N) is 1. The van der Waals surface area contributed by atoms with Crippen molar-refractivity contribution in [2.24, 2.45) is 4.99 Å². The molecule has 0 rings (SSSR count). The van der Waals surface area contributed by atoms with Crippen molar-refractivity contribution < 1.29 is 4.79 Å². The van der Waals surface area contributed by atoms with E-state index in [1.807, 2.05) is 0 Å². The Hall–Kier alpha value is -0.920. The third-order valence-electron chi connectivity index (χ3n) is 0.672. The largest absolute Gasteiger partial charge is 0.298 e. The van der Waals surface area contributed by atoms with Crippen LogP contribution in [0.3, 0.4) is 0 Å². The molecule has 0 unspecified atom stereocenters. The van der Waals surface area contributed by atoms with Crippen LogP contribution in [0.5, 0.6) is 0 Å². The Kier molecular flexibility index (Phi) is 3.76. The zero-order valence-electron chi connectivity index (χ0n) is 5.09. The highest BCUT2D eigenvalue weighted by molar-refractivity contribution is 5.83. The third-order valence-corrected chi connectivity index (χ3v) is 0.672. The highest BCUT2D eigenvalue weighted by atomic mass is 16.1. The van der Waals surface area contributed by atoms with E-state index in [4.69, 9.17) is 0 Å². The molecular formula is C6H9NO. The van der Waals surface area contributed by atoms with Gasteiger partial charge in [0, 0.05) is 13.3 Å². The number of allylic oxidation sites excluding steroid dienone is 2. The first-order chi connectivity index (χ1) is 3.81. The molecule has 0 amide bonds. The summed E-state index contributed by atoms with van der Waals surface area (Å²) in [6.45, 7) is 1.73. The summed E-state index contributed by atoms with van der Waals surface area (Å²) in [6, 6.07) is 0. The molecule has 0 aromatic heterocycles. The van der Waals surface area contributed by atoms with Gasteiger partial charge in [0.15, 0.2) is 0 Å². The van der Waals surface area contributed by atoms with E-state index in [-0.39, 0.29) is 0 Å². The van der Waals surface area contributed by atoms with Gasteiger partial charge >= 0.3 is 0 Å². The molecule has 0 atom stereocenters. The van der Waals surface area contributed by atoms with Gasteiger partial charge in [-0.3, -0.25) is 9.79 Å². The van der Waals surface area contributed by atoms with Crippen LogP contribution in [0.4, 0.5) is 0 Å². The van der Waals surface area contributed by atoms with E-state index in [1.165, 1.54) is 0 Å². The van der Waals surface area contributed by atoms with E-state index < -0.39 is 0 Å². The normalized spacial score (nSPS) is 12.5. The molecule has 0 spiro atoms. The number of aliphatic imine (C=N–C) groups is 1. The first-order valence-electron chi connectivity index (χ1n) is 2.35. The maximum atomic E-state index is 9.88. The number of carbonyl (C=O) groups is 1. The monoisotopic (exact) mass is 111 g/mol. The molecule has 44 valence electrons. The van der Waals surface area contributed by atoms with Crippen molar-refractivity contribution in [3.8, 4) is 0 Å². The van der Waals surface area contributed by atoms with Crippen molar-refractivity contribution >= 4 is 12.5 Å². The third kappa shape index (κ3) is 3.28. The van der Waals surface area contributed by atoms with Crippen molar-refractivity contribution in [3.63, 3.8) is 0 Å². The number of carbonyl (C=O) groups excluding carboxylic acids is 1. The highest BCUT2D eigenvalue weighted by Gasteiger charge is 1.75. The van der Waals surface area contributed by atoms with Crippen molar-refractivity contribution in [2.75, 3.05) is 7.05 Å². The van der Waals surface area contributed by atoms with E-state index in [9.17, 15) is 4.79 Å². The molecule has 0 radical (unpaired) electrons. The van der Waals surface area contributed by atoms with E-state index in [0.717, 1.165) is 6.29 Å². The van der Waals surface area contributed by atoms with Gasteiger partial charge in [0.1, 0.15) is 6.29 Å². The Bertz CT molecular complexity index is 124. The summed E-state index contributed by atoms with van der Waals surface area (Å²) in [5.41, 5.74) is 0.690. The molecule has 0 fully saturated rings. The van der Waals surface area contributed by atoms with E-state index >= 15 is 0 Å². The smallest absolute Gasteiger partial charge is 0.145 e. The number of rotatable bonds is 2. The maximum absolute atomic E-state index is 9.88. The molecule has 0 saturated carbocycles. The van der Waals surface area contributed by atoms with E-state index in [0.29, 0.717) is 5.57 Å². The first-order valence-corrected chi connectivity index (χ1v) is 2.35. The molecule has 0 bridgehead atoms. The van der Waals surface area contributed by atoms with Crippen LogP contribution in [0.25, 0.3) is 0 Å². The number of hydrogen-bond acceptors (Lipinski definition) is 2. The van der Waals surface area contributed by atoms with Crippen molar-refractivity contribution in [1.82, 2.24) is 0 Å². The van der Waals surface area contributed by atoms with Crippen LogP contribution in [0.1, 0.15) is 6.92 Å². The maximum Gasteiger partial charge on any atom is 0.145 e. The summed E-state index contributed by atoms with van der Waals surface area (Å²) >= 11 is 0. The lowest BCUT2D eigenvalue weighted by Gasteiger charge is -1.77. The van der Waals surface area contributed by atoms with Gasteiger partial charge in [-0.15, -0.1) is 0 Å². The van der Waals surface area contributed by atoms with E-state index in [1.54, 1.807) is 26.3 Å². The average molecular weight is 111 g/mol. The molecule has 8 heavy (non-hydrogen) atoms. The lowest BCUT2D eigenvalue weighted by atomic mass is 10.3. The second-order valence-electron chi connectivity index (χ2n) is 1.44. The van der Waals surface area contributed by atoms with Crippen LogP contribution in [0, 0.1) is 0 Å². The Morgan fingerprint density at radius 1 is 1.62 bits per heavy atom. The Balaban J connectivity index is 3.74. The van der Waals surface area contributed by atoms with Gasteiger partial charge in [0.2, 0.25) is 0 Å². The van der Waals surface area contributed by atoms with E-state index in [2.05, 4.69) is 4.99 Å². The molecule has 2 heteroatoms. The quantitative estimate of drug-likeness (QED) is 0.295. The molecule has 2 nitrogen and oxygen atoms in total. The fraction of sp³-hybridized carbons (Fsp3) is 0.333. The van der Waals surface area contributed by atoms with Crippen molar-refractivity contribution in [3.05, 3.63) is 11.6 Å². The van der Waals surface area contributed by atoms with Crippen molar-refractivity contribution in [2.45, 2.75) is 6.92 Å². The summed E-state index contributed by atoms with van der Waals surface area (Å²) in [7, 11) is 1.66. The Morgan fingerprint density at radius 2 is 2.25 bits per heavy atom. The molecule has 0 N–H and O–H groups in total. The molecule has 0 aliphatic heterocycles. The van der Waals surface area contributed by atoms with Crippen LogP contribution >= 0.6 is 0 Å². The Labute approximate surface area is 48.9 Å². The lowest BCUT2D eigenvalue weighted by molar-refractivity contribution is -0.104. The van der Waals surface area contributed by atoms with Gasteiger partial charge in [0.25, 0.3) is 0 Å². The minimum Gasteiger partial charge on any atom is -0.298 e. The predicted molar refractivity (Wildman–Crippen MR) is 34.2 cm³/mol. The van der Waals surface area contributed by atoms with Crippen LogP contribution < -0.4 is 0 Å². The average Bonchev–Trinajstić information content (AvgIpc) is 1.83. The Morgan fingerprint density at radius 3 is 2.62 bits per heavy atom. The highest BCUT2D eigenvalue weighted by Crippen LogP contribution is 1.80. The van der Waals surface area contributed by atoms with Crippen LogP contribution in [0.15, 0.2) is 16.6 Å². The second kappa shape index (κ2) is 4.24. The van der Waals surface area contributed by atoms with Gasteiger partial charge in [-0.05, 0) is 18.6 Å². The predicted octanol–water partition coefficient (Wildman–Crippen LogP) is 0.832. The molecule has 0 saturated heterocycles. The standard InChI is InChI=1S/C6H9NO/c1-6(5-8)3-4-7-2/h3-5H,1-2H3/b6-3+,7-4?. The van der Waals surface area contributed by atoms with Crippen LogP contribution in [-0.4, -0.2) is 19.5 Å². The molecule has 0 aromatic rings. The SMILES string of the molecule is CN=C/C=C(\C)C=O. The first kappa shape index (κ1) is 7.08. The van der Waals surface area contributed by atoms with Gasteiger partial charge in [-0.2, -0.15) is 0 Å². The fourth-order valence-electron chi connectivity index (χ4n) is 0.231. The summed E-state index contributed by atoms with van der Waals surface area (Å²) < 4.78 is 0. The number of aldehydes is 1. The number of hydrogen-bond donors (Lipinski definition) is 0.